The minimum Gasteiger partial charge on any atom is -0.381 e. The first-order valence-corrected chi connectivity index (χ1v) is 7.21. The first-order valence-electron chi connectivity index (χ1n) is 7.21. The summed E-state index contributed by atoms with van der Waals surface area (Å²) < 4.78 is 5.62. The van der Waals surface area contributed by atoms with Crippen LogP contribution in [0.25, 0.3) is 17.0 Å². The van der Waals surface area contributed by atoms with Gasteiger partial charge in [-0.1, -0.05) is 38.6 Å². The predicted octanol–water partition coefficient (Wildman–Crippen LogP) is 4.41. The number of aromatic nitrogens is 1. The van der Waals surface area contributed by atoms with Crippen molar-refractivity contribution in [1.82, 2.24) is 4.98 Å². The van der Waals surface area contributed by atoms with Crippen molar-refractivity contribution in [3.05, 3.63) is 48.2 Å². The first-order chi connectivity index (χ1) is 9.60. The molecule has 0 radical (unpaired) electrons. The largest absolute Gasteiger partial charge is 0.381 e. The molecule has 0 amide bonds. The smallest absolute Gasteiger partial charge is 0.0705 e. The highest BCUT2D eigenvalue weighted by atomic mass is 16.5. The first kappa shape index (κ1) is 13.3. The van der Waals surface area contributed by atoms with Crippen LogP contribution >= 0.6 is 0 Å². The van der Waals surface area contributed by atoms with Gasteiger partial charge in [0.05, 0.1) is 12.1 Å². The monoisotopic (exact) mass is 267 g/mol. The van der Waals surface area contributed by atoms with Crippen molar-refractivity contribution in [3.8, 4) is 0 Å². The Bertz CT molecular complexity index is 645. The van der Waals surface area contributed by atoms with E-state index in [1.54, 1.807) is 0 Å². The summed E-state index contributed by atoms with van der Waals surface area (Å²) >= 11 is 0. The van der Waals surface area contributed by atoms with Gasteiger partial charge in [0.2, 0.25) is 0 Å². The van der Waals surface area contributed by atoms with E-state index in [9.17, 15) is 0 Å². The fourth-order valence-corrected chi connectivity index (χ4v) is 3.06. The summed E-state index contributed by atoms with van der Waals surface area (Å²) in [7, 11) is 0. The Morgan fingerprint density at radius 2 is 2.15 bits per heavy atom. The number of hydrogen-bond donors (Lipinski definition) is 0. The molecule has 0 bridgehead atoms. The third-order valence-corrected chi connectivity index (χ3v) is 4.30. The third-order valence-electron chi connectivity index (χ3n) is 4.30. The molecule has 0 aliphatic carbocycles. The fourth-order valence-electron chi connectivity index (χ4n) is 3.06. The lowest BCUT2D eigenvalue weighted by molar-refractivity contribution is -0.00552. The summed E-state index contributed by atoms with van der Waals surface area (Å²) in [5.41, 5.74) is 3.55. The maximum absolute atomic E-state index is 5.62. The minimum atomic E-state index is 0.153. The summed E-state index contributed by atoms with van der Waals surface area (Å²) in [5.74, 6) is 0.472. The Hall–Kier alpha value is -1.67. The summed E-state index contributed by atoms with van der Waals surface area (Å²) in [4.78, 5) is 4.88. The standard InChI is InChI=1S/C18H21NO/c1-4-13-5-7-16-14(11-13)6-8-17(19-16)15-9-10-20-12-18(15,2)3/h4-8,11,15H,1,9-10,12H2,2-3H3/t15-/m0/s1. The van der Waals surface area contributed by atoms with Gasteiger partial charge in [0.25, 0.3) is 0 Å². The van der Waals surface area contributed by atoms with Crippen molar-refractivity contribution in [2.24, 2.45) is 5.41 Å². The van der Waals surface area contributed by atoms with Crippen molar-refractivity contribution in [3.63, 3.8) is 0 Å². The lowest BCUT2D eigenvalue weighted by Crippen LogP contribution is -2.34. The number of fused-ring (bicyclic) bond motifs is 1. The molecule has 0 saturated carbocycles. The van der Waals surface area contributed by atoms with Crippen molar-refractivity contribution in [1.29, 1.82) is 0 Å². The number of rotatable bonds is 2. The molecule has 0 spiro atoms. The van der Waals surface area contributed by atoms with Gasteiger partial charge in [0.15, 0.2) is 0 Å². The molecule has 20 heavy (non-hydrogen) atoms. The van der Waals surface area contributed by atoms with E-state index in [-0.39, 0.29) is 5.41 Å². The van der Waals surface area contributed by atoms with Crippen LogP contribution in [0.1, 0.15) is 37.4 Å². The highest BCUT2D eigenvalue weighted by Crippen LogP contribution is 2.40. The summed E-state index contributed by atoms with van der Waals surface area (Å²) in [6.07, 6.45) is 2.92. The zero-order valence-electron chi connectivity index (χ0n) is 12.2. The zero-order chi connectivity index (χ0) is 14.2. The highest BCUT2D eigenvalue weighted by Gasteiger charge is 2.35. The van der Waals surface area contributed by atoms with Gasteiger partial charge in [0, 0.05) is 23.6 Å². The van der Waals surface area contributed by atoms with Crippen LogP contribution < -0.4 is 0 Å². The van der Waals surface area contributed by atoms with Crippen LogP contribution in [-0.2, 0) is 4.74 Å². The average Bonchev–Trinajstić information content (AvgIpc) is 2.45. The van der Waals surface area contributed by atoms with Gasteiger partial charge >= 0.3 is 0 Å². The molecule has 1 aromatic heterocycles. The van der Waals surface area contributed by atoms with Crippen LogP contribution in [0, 0.1) is 5.41 Å². The SMILES string of the molecule is C=Cc1ccc2nc([C@@H]3CCOCC3(C)C)ccc2c1. The highest BCUT2D eigenvalue weighted by molar-refractivity contribution is 5.81. The van der Waals surface area contributed by atoms with Crippen LogP contribution in [-0.4, -0.2) is 18.2 Å². The van der Waals surface area contributed by atoms with Crippen LogP contribution in [0.15, 0.2) is 36.9 Å². The third kappa shape index (κ3) is 2.36. The van der Waals surface area contributed by atoms with Crippen LogP contribution in [0.2, 0.25) is 0 Å². The van der Waals surface area contributed by atoms with Gasteiger partial charge < -0.3 is 4.74 Å². The second-order valence-corrected chi connectivity index (χ2v) is 6.27. The van der Waals surface area contributed by atoms with E-state index in [0.717, 1.165) is 30.7 Å². The molecular weight excluding hydrogens is 246 g/mol. The van der Waals surface area contributed by atoms with Crippen molar-refractivity contribution >= 4 is 17.0 Å². The van der Waals surface area contributed by atoms with E-state index in [0.29, 0.717) is 5.92 Å². The van der Waals surface area contributed by atoms with Gasteiger partial charge in [-0.2, -0.15) is 0 Å². The molecule has 0 N–H and O–H groups in total. The lowest BCUT2D eigenvalue weighted by Gasteiger charge is -2.38. The van der Waals surface area contributed by atoms with E-state index >= 15 is 0 Å². The molecule has 1 aromatic carbocycles. The molecule has 0 unspecified atom stereocenters. The number of hydrogen-bond acceptors (Lipinski definition) is 2. The Kier molecular flexibility index (Phi) is 3.35. The number of nitrogens with zero attached hydrogens (tertiary/aromatic N) is 1. The Labute approximate surface area is 120 Å². The average molecular weight is 267 g/mol. The van der Waals surface area contributed by atoms with Gasteiger partial charge in [-0.3, -0.25) is 4.98 Å². The Balaban J connectivity index is 2.02. The molecule has 1 atom stereocenters. The molecule has 1 aliphatic heterocycles. The molecule has 1 aliphatic rings. The van der Waals surface area contributed by atoms with Gasteiger partial charge in [0.1, 0.15) is 0 Å². The van der Waals surface area contributed by atoms with E-state index in [4.69, 9.17) is 9.72 Å². The van der Waals surface area contributed by atoms with Crippen LogP contribution in [0.5, 0.6) is 0 Å². The van der Waals surface area contributed by atoms with E-state index in [2.05, 4.69) is 50.8 Å². The summed E-state index contributed by atoms with van der Waals surface area (Å²) in [6.45, 7) is 10.00. The van der Waals surface area contributed by atoms with E-state index < -0.39 is 0 Å². The lowest BCUT2D eigenvalue weighted by atomic mass is 9.74. The van der Waals surface area contributed by atoms with Crippen LogP contribution in [0.4, 0.5) is 0 Å². The Morgan fingerprint density at radius 1 is 1.30 bits per heavy atom. The number of ether oxygens (including phenoxy) is 1. The predicted molar refractivity (Wildman–Crippen MR) is 83.8 cm³/mol. The number of benzene rings is 1. The normalized spacial score (nSPS) is 21.8. The minimum absolute atomic E-state index is 0.153. The molecule has 2 heteroatoms. The summed E-state index contributed by atoms with van der Waals surface area (Å²) in [5, 5.41) is 1.18. The maximum atomic E-state index is 5.62. The maximum Gasteiger partial charge on any atom is 0.0705 e. The topological polar surface area (TPSA) is 22.1 Å². The molecule has 2 nitrogen and oxygen atoms in total. The molecule has 104 valence electrons. The van der Waals surface area contributed by atoms with Gasteiger partial charge in [-0.05, 0) is 35.6 Å². The van der Waals surface area contributed by atoms with Gasteiger partial charge in [-0.25, -0.2) is 0 Å². The second-order valence-electron chi connectivity index (χ2n) is 6.27. The van der Waals surface area contributed by atoms with E-state index in [1.807, 2.05) is 6.08 Å². The second kappa shape index (κ2) is 5.02. The number of pyridine rings is 1. The van der Waals surface area contributed by atoms with E-state index in [1.165, 1.54) is 11.1 Å². The van der Waals surface area contributed by atoms with Crippen molar-refractivity contribution in [2.45, 2.75) is 26.2 Å². The Morgan fingerprint density at radius 3 is 2.90 bits per heavy atom. The van der Waals surface area contributed by atoms with Crippen LogP contribution in [0.3, 0.4) is 0 Å². The zero-order valence-corrected chi connectivity index (χ0v) is 12.2. The summed E-state index contributed by atoms with van der Waals surface area (Å²) in [6, 6.07) is 10.6. The molecule has 1 fully saturated rings. The van der Waals surface area contributed by atoms with Crippen molar-refractivity contribution in [2.75, 3.05) is 13.2 Å². The van der Waals surface area contributed by atoms with Crippen molar-refractivity contribution < 1.29 is 4.74 Å². The molecule has 2 heterocycles. The molecule has 3 rings (SSSR count). The van der Waals surface area contributed by atoms with Gasteiger partial charge in [-0.15, -0.1) is 0 Å². The quantitative estimate of drug-likeness (QED) is 0.804. The molecular formula is C18H21NO. The fraction of sp³-hybridized carbons (Fsp3) is 0.389. The molecule has 1 saturated heterocycles. The molecule has 2 aromatic rings.